The molecule has 2 heterocycles. The van der Waals surface area contributed by atoms with Crippen molar-refractivity contribution in [2.24, 2.45) is 5.92 Å². The molecule has 1 aromatic heterocycles. The lowest BCUT2D eigenvalue weighted by Gasteiger charge is -2.28. The van der Waals surface area contributed by atoms with Crippen LogP contribution in [0.1, 0.15) is 64.5 Å². The van der Waals surface area contributed by atoms with Gasteiger partial charge in [-0.3, -0.25) is 19.2 Å². The van der Waals surface area contributed by atoms with E-state index in [1.165, 1.54) is 0 Å². The van der Waals surface area contributed by atoms with Crippen molar-refractivity contribution in [1.82, 2.24) is 20.1 Å². The first-order valence-corrected chi connectivity index (χ1v) is 17.3. The summed E-state index contributed by atoms with van der Waals surface area (Å²) in [7, 11) is 1.76. The predicted octanol–water partition coefficient (Wildman–Crippen LogP) is 6.34. The average Bonchev–Trinajstić information content (AvgIpc) is 3.76. The molecule has 3 aromatic carbocycles. The number of anilines is 2. The third-order valence-corrected chi connectivity index (χ3v) is 8.99. The Balaban J connectivity index is 1.20. The zero-order valence-electron chi connectivity index (χ0n) is 28.9. The van der Waals surface area contributed by atoms with Crippen molar-refractivity contribution < 1.29 is 19.2 Å². The number of aromatic nitrogens is 1. The predicted molar refractivity (Wildman–Crippen MR) is 195 cm³/mol. The molecule has 5 rings (SSSR count). The lowest BCUT2D eigenvalue weighted by Crippen LogP contribution is -2.47. The van der Waals surface area contributed by atoms with Gasteiger partial charge in [0.2, 0.25) is 23.6 Å². The fourth-order valence-electron chi connectivity index (χ4n) is 6.38. The number of hydrogen-bond acceptors (Lipinski definition) is 5. The minimum Gasteiger partial charge on any atom is -0.355 e. The second kappa shape index (κ2) is 16.4. The highest BCUT2D eigenvalue weighted by Gasteiger charge is 2.37. The van der Waals surface area contributed by atoms with Crippen LogP contribution in [0, 0.1) is 5.92 Å². The van der Waals surface area contributed by atoms with Gasteiger partial charge in [-0.15, -0.1) is 0 Å². The number of nitrogens with zero attached hydrogens (tertiary/aromatic N) is 2. The van der Waals surface area contributed by atoms with Crippen LogP contribution in [0.3, 0.4) is 0 Å². The molecular formula is C39H48N6O4. The first-order chi connectivity index (χ1) is 23.7. The van der Waals surface area contributed by atoms with Crippen LogP contribution < -0.4 is 16.0 Å². The van der Waals surface area contributed by atoms with E-state index >= 15 is 0 Å². The van der Waals surface area contributed by atoms with Crippen molar-refractivity contribution in [3.63, 3.8) is 0 Å². The van der Waals surface area contributed by atoms with Crippen molar-refractivity contribution in [2.75, 3.05) is 37.3 Å². The Labute approximate surface area is 288 Å². The lowest BCUT2D eigenvalue weighted by molar-refractivity contribution is -0.138. The first-order valence-electron chi connectivity index (χ1n) is 17.3. The molecule has 4 aromatic rings. The third-order valence-electron chi connectivity index (χ3n) is 8.99. The van der Waals surface area contributed by atoms with Gasteiger partial charge in [-0.2, -0.15) is 0 Å². The fourth-order valence-corrected chi connectivity index (χ4v) is 6.38. The Morgan fingerprint density at radius 1 is 0.939 bits per heavy atom. The van der Waals surface area contributed by atoms with Gasteiger partial charge in [-0.1, -0.05) is 63.2 Å². The number of rotatable bonds is 14. The number of likely N-dealkylation sites (N-methyl/N-ethyl adjacent to an activating group) is 1. The third kappa shape index (κ3) is 8.94. The summed E-state index contributed by atoms with van der Waals surface area (Å²) in [5.74, 6) is -0.0710. The van der Waals surface area contributed by atoms with Crippen LogP contribution in [0.5, 0.6) is 0 Å². The van der Waals surface area contributed by atoms with Crippen LogP contribution >= 0.6 is 0 Å². The molecule has 1 aliphatic heterocycles. The molecule has 1 fully saturated rings. The summed E-state index contributed by atoms with van der Waals surface area (Å²) in [4.78, 5) is 59.2. The summed E-state index contributed by atoms with van der Waals surface area (Å²) < 4.78 is 0. The molecule has 1 saturated heterocycles. The largest absolute Gasteiger partial charge is 0.355 e. The molecule has 0 spiro atoms. The Kier molecular flexibility index (Phi) is 11.9. The summed E-state index contributed by atoms with van der Waals surface area (Å²) in [6.07, 6.45) is 3.43. The molecule has 0 bridgehead atoms. The van der Waals surface area contributed by atoms with Crippen molar-refractivity contribution >= 4 is 45.9 Å². The number of benzene rings is 3. The average molecular weight is 665 g/mol. The quantitative estimate of drug-likeness (QED) is 0.125. The zero-order valence-corrected chi connectivity index (χ0v) is 28.9. The highest BCUT2D eigenvalue weighted by molar-refractivity contribution is 6.00. The summed E-state index contributed by atoms with van der Waals surface area (Å²) in [6.45, 7) is 7.31. The SMILES string of the molecule is CCCN(CC(=O)Nc1ccc(-c2cc3cc(NC(=O)[C@@H]4CCCN4C(=O)[C@H](NC)c4ccccc4)ccc3[nH]2)cc1)C(=O)CCC(C)C. The standard InChI is InChI=1S/C39H48N6O4/c1-5-21-44(36(47)20-13-26(2)3)25-35(46)41-30-16-14-27(15-17-30)33-24-29-23-31(18-19-32(29)43-33)42-38(48)34-12-9-22-45(34)39(49)37(40-4)28-10-7-6-8-11-28/h6-8,10-11,14-19,23-24,26,34,37,40,43H,5,9,12-13,20-22,25H2,1-4H3,(H,41,46)(H,42,48)/t34-,37+/m0/s1. The molecule has 10 nitrogen and oxygen atoms in total. The normalized spacial score (nSPS) is 15.0. The highest BCUT2D eigenvalue weighted by atomic mass is 16.2. The molecule has 10 heteroatoms. The summed E-state index contributed by atoms with van der Waals surface area (Å²) in [6, 6.07) is 23.8. The maximum absolute atomic E-state index is 13.5. The number of fused-ring (bicyclic) bond motifs is 1. The van der Waals surface area contributed by atoms with Gasteiger partial charge in [0.05, 0.1) is 6.54 Å². The van der Waals surface area contributed by atoms with E-state index in [0.29, 0.717) is 43.2 Å². The minimum absolute atomic E-state index is 0.0136. The van der Waals surface area contributed by atoms with E-state index in [2.05, 4.69) is 34.8 Å². The van der Waals surface area contributed by atoms with Crippen molar-refractivity contribution in [3.8, 4) is 11.3 Å². The summed E-state index contributed by atoms with van der Waals surface area (Å²) in [5.41, 5.74) is 4.94. The summed E-state index contributed by atoms with van der Waals surface area (Å²) >= 11 is 0. The van der Waals surface area contributed by atoms with Crippen molar-refractivity contribution in [2.45, 2.75) is 65.0 Å². The van der Waals surface area contributed by atoms with Crippen LogP contribution in [-0.4, -0.2) is 71.1 Å². The number of likely N-dealkylation sites (tertiary alicyclic amines) is 1. The molecule has 0 aliphatic carbocycles. The van der Waals surface area contributed by atoms with Crippen LogP contribution in [-0.2, 0) is 19.2 Å². The molecule has 2 atom stereocenters. The monoisotopic (exact) mass is 664 g/mol. The molecule has 4 amide bonds. The Morgan fingerprint density at radius 3 is 2.37 bits per heavy atom. The maximum atomic E-state index is 13.5. The topological polar surface area (TPSA) is 127 Å². The first kappa shape index (κ1) is 35.3. The smallest absolute Gasteiger partial charge is 0.247 e. The number of hydrogen-bond donors (Lipinski definition) is 4. The number of H-pyrrole nitrogens is 1. The number of carbonyl (C=O) groups excluding carboxylic acids is 4. The lowest BCUT2D eigenvalue weighted by atomic mass is 10.1. The number of amides is 4. The van der Waals surface area contributed by atoms with E-state index in [1.54, 1.807) is 16.8 Å². The molecule has 49 heavy (non-hydrogen) atoms. The second-order valence-electron chi connectivity index (χ2n) is 13.2. The minimum atomic E-state index is -0.538. The molecule has 258 valence electrons. The number of aromatic amines is 1. The van der Waals surface area contributed by atoms with Crippen LogP contribution in [0.4, 0.5) is 11.4 Å². The number of nitrogens with one attached hydrogen (secondary N) is 4. The van der Waals surface area contributed by atoms with E-state index in [1.807, 2.05) is 85.8 Å². The highest BCUT2D eigenvalue weighted by Crippen LogP contribution is 2.29. The molecular weight excluding hydrogens is 616 g/mol. The Bertz CT molecular complexity index is 1750. The van der Waals surface area contributed by atoms with E-state index < -0.39 is 12.1 Å². The van der Waals surface area contributed by atoms with Gasteiger partial charge in [0.15, 0.2) is 0 Å². The van der Waals surface area contributed by atoms with Crippen LogP contribution in [0.15, 0.2) is 78.9 Å². The van der Waals surface area contributed by atoms with Gasteiger partial charge in [-0.25, -0.2) is 0 Å². The van der Waals surface area contributed by atoms with Gasteiger partial charge >= 0.3 is 0 Å². The van der Waals surface area contributed by atoms with Crippen LogP contribution in [0.25, 0.3) is 22.2 Å². The molecule has 1 aliphatic rings. The number of carbonyl (C=O) groups is 4. The molecule has 0 saturated carbocycles. The molecule has 4 N–H and O–H groups in total. The fraction of sp³-hybridized carbons (Fsp3) is 0.385. The van der Waals surface area contributed by atoms with Crippen molar-refractivity contribution in [3.05, 3.63) is 84.4 Å². The van der Waals surface area contributed by atoms with E-state index in [0.717, 1.165) is 47.0 Å². The summed E-state index contributed by atoms with van der Waals surface area (Å²) in [5, 5.41) is 10.0. The molecule has 0 radical (unpaired) electrons. The van der Waals surface area contributed by atoms with Gasteiger partial charge in [0.25, 0.3) is 0 Å². The van der Waals surface area contributed by atoms with Gasteiger partial charge < -0.3 is 30.7 Å². The van der Waals surface area contributed by atoms with Gasteiger partial charge in [0, 0.05) is 47.5 Å². The van der Waals surface area contributed by atoms with E-state index in [9.17, 15) is 19.2 Å². The van der Waals surface area contributed by atoms with E-state index in [-0.39, 0.29) is 30.2 Å². The van der Waals surface area contributed by atoms with Crippen molar-refractivity contribution in [1.29, 1.82) is 0 Å². The Morgan fingerprint density at radius 2 is 1.67 bits per heavy atom. The second-order valence-corrected chi connectivity index (χ2v) is 13.2. The van der Waals surface area contributed by atoms with Gasteiger partial charge in [-0.05, 0) is 86.2 Å². The van der Waals surface area contributed by atoms with Crippen LogP contribution in [0.2, 0.25) is 0 Å². The maximum Gasteiger partial charge on any atom is 0.247 e. The van der Waals surface area contributed by atoms with Gasteiger partial charge in [0.1, 0.15) is 12.1 Å². The zero-order chi connectivity index (χ0) is 34.9. The molecule has 0 unspecified atom stereocenters. The van der Waals surface area contributed by atoms with E-state index in [4.69, 9.17) is 0 Å². The Hall–Kier alpha value is -4.96.